The highest BCUT2D eigenvalue weighted by molar-refractivity contribution is 14.1. The maximum absolute atomic E-state index is 4.53. The molecule has 1 aromatic rings. The molecule has 0 fully saturated rings. The van der Waals surface area contributed by atoms with Gasteiger partial charge in [-0.2, -0.15) is 0 Å². The quantitative estimate of drug-likeness (QED) is 0.405. The molecule has 0 aliphatic rings. The highest BCUT2D eigenvalue weighted by Gasteiger charge is 1.98. The van der Waals surface area contributed by atoms with Crippen molar-refractivity contribution in [3.05, 3.63) is 33.4 Å². The first-order chi connectivity index (χ1) is 6.59. The van der Waals surface area contributed by atoms with E-state index in [0.29, 0.717) is 3.92 Å². The molecule has 0 aliphatic carbocycles. The Morgan fingerprint density at radius 2 is 1.93 bits per heavy atom. The van der Waals surface area contributed by atoms with Crippen molar-refractivity contribution in [2.24, 2.45) is 4.99 Å². The van der Waals surface area contributed by atoms with Crippen LogP contribution in [0.4, 0.5) is 0 Å². The molecule has 1 aromatic carbocycles. The van der Waals surface area contributed by atoms with Crippen LogP contribution < -0.4 is 0 Å². The molecule has 1 atom stereocenters. The first-order valence-corrected chi connectivity index (χ1v) is 6.83. The summed E-state index contributed by atoms with van der Waals surface area (Å²) in [4.78, 5) is 4.53. The van der Waals surface area contributed by atoms with Gasteiger partial charge in [-0.05, 0) is 47.2 Å². The summed E-state index contributed by atoms with van der Waals surface area (Å²) in [6.07, 6.45) is 0. The van der Waals surface area contributed by atoms with Gasteiger partial charge in [0.15, 0.2) is 0 Å². The molecule has 0 saturated carbocycles. The lowest BCUT2D eigenvalue weighted by Gasteiger charge is -2.02. The van der Waals surface area contributed by atoms with Gasteiger partial charge in [-0.1, -0.05) is 41.6 Å². The van der Waals surface area contributed by atoms with E-state index in [1.54, 1.807) is 0 Å². The molecule has 0 N–H and O–H groups in total. The Labute approximate surface area is 113 Å². The monoisotopic (exact) mass is 413 g/mol. The number of alkyl halides is 1. The molecule has 0 aliphatic heterocycles. The molecule has 0 bridgehead atoms. The first-order valence-electron chi connectivity index (χ1n) is 4.50. The van der Waals surface area contributed by atoms with Gasteiger partial charge in [0.1, 0.15) is 0 Å². The summed E-state index contributed by atoms with van der Waals surface area (Å²) in [6.45, 7) is 5.14. The maximum Gasteiger partial charge on any atom is 0.0507 e. The Kier molecular flexibility index (Phi) is 5.36. The number of nitrogens with zero attached hydrogens (tertiary/aromatic N) is 1. The van der Waals surface area contributed by atoms with Crippen molar-refractivity contribution in [2.45, 2.75) is 17.8 Å². The molecule has 14 heavy (non-hydrogen) atoms. The number of hydrogen-bond donors (Lipinski definition) is 0. The number of rotatable bonds is 3. The number of aliphatic imine (C=N–C) groups is 1. The second kappa shape index (κ2) is 6.05. The van der Waals surface area contributed by atoms with Crippen LogP contribution in [0.2, 0.25) is 0 Å². The van der Waals surface area contributed by atoms with Crippen molar-refractivity contribution in [3.63, 3.8) is 0 Å². The van der Waals surface area contributed by atoms with Gasteiger partial charge < -0.3 is 0 Å². The van der Waals surface area contributed by atoms with E-state index >= 15 is 0 Å². The van der Waals surface area contributed by atoms with Gasteiger partial charge in [0, 0.05) is 13.2 Å². The minimum Gasteiger partial charge on any atom is -0.288 e. The first kappa shape index (κ1) is 12.4. The van der Waals surface area contributed by atoms with Crippen molar-refractivity contribution in [1.29, 1.82) is 0 Å². The van der Waals surface area contributed by atoms with E-state index in [-0.39, 0.29) is 0 Å². The molecule has 0 radical (unpaired) electrons. The smallest absolute Gasteiger partial charge is 0.0507 e. The summed E-state index contributed by atoms with van der Waals surface area (Å²) in [5, 5.41) is 0. The fourth-order valence-electron chi connectivity index (χ4n) is 1.05. The van der Waals surface area contributed by atoms with E-state index < -0.39 is 0 Å². The van der Waals surface area contributed by atoms with E-state index in [4.69, 9.17) is 0 Å². The van der Waals surface area contributed by atoms with Crippen LogP contribution in [0.5, 0.6) is 0 Å². The minimum atomic E-state index is 0.603. The van der Waals surface area contributed by atoms with Crippen LogP contribution in [0.3, 0.4) is 0 Å². The van der Waals surface area contributed by atoms with E-state index in [0.717, 1.165) is 12.3 Å². The van der Waals surface area contributed by atoms with Gasteiger partial charge in [0.2, 0.25) is 0 Å². The Bertz CT molecular complexity index is 315. The second-order valence-corrected chi connectivity index (χ2v) is 6.59. The van der Waals surface area contributed by atoms with E-state index in [9.17, 15) is 0 Å². The van der Waals surface area contributed by atoms with Crippen LogP contribution >= 0.6 is 45.2 Å². The van der Waals surface area contributed by atoms with Crippen LogP contribution in [0, 0.1) is 3.57 Å². The molecule has 3 heteroatoms. The fraction of sp³-hybridized carbons (Fsp3) is 0.364. The zero-order valence-corrected chi connectivity index (χ0v) is 12.6. The summed E-state index contributed by atoms with van der Waals surface area (Å²) in [6, 6.07) is 8.47. The number of hydrogen-bond acceptors (Lipinski definition) is 1. The van der Waals surface area contributed by atoms with Crippen LogP contribution in [0.15, 0.2) is 29.3 Å². The standard InChI is InChI=1S/C11H13I2N/c1-8(12)7-14-9(2)10-3-5-11(13)6-4-10/h3-6,8H,7H2,1-2H3/b14-9+. The number of benzene rings is 1. The van der Waals surface area contributed by atoms with Crippen molar-refractivity contribution in [2.75, 3.05) is 6.54 Å². The van der Waals surface area contributed by atoms with Crippen molar-refractivity contribution in [1.82, 2.24) is 0 Å². The predicted octanol–water partition coefficient (Wildman–Crippen LogP) is 3.92. The van der Waals surface area contributed by atoms with Gasteiger partial charge in [0.05, 0.1) is 6.54 Å². The van der Waals surface area contributed by atoms with Gasteiger partial charge in [-0.25, -0.2) is 0 Å². The molecule has 1 nitrogen and oxygen atoms in total. The summed E-state index contributed by atoms with van der Waals surface area (Å²) in [7, 11) is 0. The molecular weight excluding hydrogens is 400 g/mol. The molecule has 76 valence electrons. The molecule has 1 unspecified atom stereocenters. The lowest BCUT2D eigenvalue weighted by atomic mass is 10.1. The average Bonchev–Trinajstić information content (AvgIpc) is 2.15. The molecular formula is C11H13I2N. The highest BCUT2D eigenvalue weighted by Crippen LogP contribution is 2.08. The third kappa shape index (κ3) is 4.25. The van der Waals surface area contributed by atoms with Crippen LogP contribution in [-0.4, -0.2) is 16.2 Å². The summed E-state index contributed by atoms with van der Waals surface area (Å²) < 4.78 is 1.87. The summed E-state index contributed by atoms with van der Waals surface area (Å²) in [5.74, 6) is 0. The normalized spacial score (nSPS) is 14.1. The van der Waals surface area contributed by atoms with Crippen LogP contribution in [0.1, 0.15) is 19.4 Å². The Balaban J connectivity index is 2.73. The predicted molar refractivity (Wildman–Crippen MR) is 79.7 cm³/mol. The van der Waals surface area contributed by atoms with Gasteiger partial charge in [-0.3, -0.25) is 4.99 Å². The average molecular weight is 413 g/mol. The van der Waals surface area contributed by atoms with Gasteiger partial charge >= 0.3 is 0 Å². The lowest BCUT2D eigenvalue weighted by Crippen LogP contribution is -2.01. The Hall–Kier alpha value is 0.350. The van der Waals surface area contributed by atoms with Crippen molar-refractivity contribution >= 4 is 50.9 Å². The molecule has 0 saturated heterocycles. The van der Waals surface area contributed by atoms with Crippen molar-refractivity contribution in [3.8, 4) is 0 Å². The summed E-state index contributed by atoms with van der Waals surface area (Å²) >= 11 is 4.70. The zero-order chi connectivity index (χ0) is 10.6. The minimum absolute atomic E-state index is 0.603. The molecule has 0 aromatic heterocycles. The summed E-state index contributed by atoms with van der Waals surface area (Å²) in [5.41, 5.74) is 2.35. The third-order valence-electron chi connectivity index (χ3n) is 1.84. The maximum atomic E-state index is 4.53. The Morgan fingerprint density at radius 3 is 2.43 bits per heavy atom. The van der Waals surface area contributed by atoms with E-state index in [1.165, 1.54) is 9.13 Å². The third-order valence-corrected chi connectivity index (χ3v) is 2.96. The molecule has 0 heterocycles. The van der Waals surface area contributed by atoms with Gasteiger partial charge in [0.25, 0.3) is 0 Å². The van der Waals surface area contributed by atoms with Crippen molar-refractivity contribution < 1.29 is 0 Å². The van der Waals surface area contributed by atoms with E-state index in [1.807, 2.05) is 0 Å². The van der Waals surface area contributed by atoms with E-state index in [2.05, 4.69) is 88.3 Å². The van der Waals surface area contributed by atoms with Gasteiger partial charge in [-0.15, -0.1) is 0 Å². The molecule has 0 spiro atoms. The highest BCUT2D eigenvalue weighted by atomic mass is 127. The topological polar surface area (TPSA) is 12.4 Å². The second-order valence-electron chi connectivity index (χ2n) is 3.21. The largest absolute Gasteiger partial charge is 0.288 e. The molecule has 0 amide bonds. The fourth-order valence-corrected chi connectivity index (χ4v) is 1.60. The SMILES string of the molecule is C/C(=N\CC(C)I)c1ccc(I)cc1. The van der Waals surface area contributed by atoms with Crippen LogP contribution in [-0.2, 0) is 0 Å². The lowest BCUT2D eigenvalue weighted by molar-refractivity contribution is 0.982. The number of halogens is 2. The molecule has 1 rings (SSSR count). The van der Waals surface area contributed by atoms with Crippen LogP contribution in [0.25, 0.3) is 0 Å². The zero-order valence-electron chi connectivity index (χ0n) is 8.30. The Morgan fingerprint density at radius 1 is 1.36 bits per heavy atom.